The first-order valence-electron chi connectivity index (χ1n) is 7.22. The molecule has 0 aliphatic rings. The van der Waals surface area contributed by atoms with Gasteiger partial charge in [-0.25, -0.2) is 4.79 Å². The Morgan fingerprint density at radius 3 is 2.38 bits per heavy atom. The van der Waals surface area contributed by atoms with Gasteiger partial charge in [-0.1, -0.05) is 54.2 Å². The highest BCUT2D eigenvalue weighted by Crippen LogP contribution is 2.31. The third-order valence-electron chi connectivity index (χ3n) is 3.36. The number of amides is 2. The predicted molar refractivity (Wildman–Crippen MR) is 94.9 cm³/mol. The van der Waals surface area contributed by atoms with E-state index in [-0.39, 0.29) is 0 Å². The molecule has 0 aromatic heterocycles. The number of thioether (sulfide) groups is 1. The van der Waals surface area contributed by atoms with Crippen molar-refractivity contribution in [1.29, 1.82) is 0 Å². The van der Waals surface area contributed by atoms with Crippen LogP contribution >= 0.6 is 11.8 Å². The zero-order chi connectivity index (χ0) is 16.9. The monoisotopic (exact) mass is 344 g/mol. The van der Waals surface area contributed by atoms with Gasteiger partial charge in [0.05, 0.1) is 5.69 Å². The van der Waals surface area contributed by atoms with Crippen molar-refractivity contribution < 1.29 is 13.6 Å². The average molecular weight is 344 g/mol. The van der Waals surface area contributed by atoms with Gasteiger partial charge in [0, 0.05) is 10.6 Å². The van der Waals surface area contributed by atoms with Gasteiger partial charge in [-0.15, -0.1) is 0 Å². The molecule has 0 atom stereocenters. The van der Waals surface area contributed by atoms with Crippen molar-refractivity contribution in [3.8, 4) is 0 Å². The molecule has 122 valence electrons. The van der Waals surface area contributed by atoms with Crippen LogP contribution in [0.1, 0.15) is 0 Å². The molecule has 0 fully saturated rings. The van der Waals surface area contributed by atoms with Crippen LogP contribution in [0.25, 0.3) is 10.8 Å². The summed E-state index contributed by atoms with van der Waals surface area (Å²) in [6, 6.07) is 19.3. The van der Waals surface area contributed by atoms with Crippen LogP contribution in [0.3, 0.4) is 0 Å². The van der Waals surface area contributed by atoms with Gasteiger partial charge in [0.2, 0.25) is 0 Å². The van der Waals surface area contributed by atoms with Crippen LogP contribution in [-0.4, -0.2) is 11.8 Å². The van der Waals surface area contributed by atoms with E-state index in [0.29, 0.717) is 28.0 Å². The van der Waals surface area contributed by atoms with Gasteiger partial charge in [0.1, 0.15) is 0 Å². The zero-order valence-corrected chi connectivity index (χ0v) is 13.3. The molecule has 0 bridgehead atoms. The van der Waals surface area contributed by atoms with E-state index in [1.54, 1.807) is 30.3 Å². The smallest absolute Gasteiger partial charge is 0.308 e. The van der Waals surface area contributed by atoms with Crippen molar-refractivity contribution in [3.05, 3.63) is 66.7 Å². The molecule has 2 amide bonds. The van der Waals surface area contributed by atoms with Crippen molar-refractivity contribution in [2.24, 2.45) is 0 Å². The summed E-state index contributed by atoms with van der Waals surface area (Å²) >= 11 is 0.399. The van der Waals surface area contributed by atoms with Gasteiger partial charge >= 0.3 is 6.03 Å². The number of urea groups is 1. The number of benzene rings is 3. The lowest BCUT2D eigenvalue weighted by Gasteiger charge is -2.11. The fourth-order valence-corrected chi connectivity index (χ4v) is 2.92. The van der Waals surface area contributed by atoms with E-state index in [1.807, 2.05) is 36.4 Å². The van der Waals surface area contributed by atoms with E-state index in [4.69, 9.17) is 0 Å². The quantitative estimate of drug-likeness (QED) is 0.587. The minimum absolute atomic E-state index is 0.321. The molecule has 3 aromatic rings. The van der Waals surface area contributed by atoms with E-state index >= 15 is 0 Å². The van der Waals surface area contributed by atoms with Gasteiger partial charge in [-0.2, -0.15) is 8.78 Å². The second kappa shape index (κ2) is 7.31. The largest absolute Gasteiger partial charge is 0.323 e. The summed E-state index contributed by atoms with van der Waals surface area (Å²) in [4.78, 5) is 12.5. The summed E-state index contributed by atoms with van der Waals surface area (Å²) in [5, 5.41) is 7.40. The van der Waals surface area contributed by atoms with Crippen LogP contribution < -0.4 is 10.6 Å². The Labute approximate surface area is 142 Å². The lowest BCUT2D eigenvalue weighted by molar-refractivity contribution is 0.252. The Morgan fingerprint density at radius 2 is 1.58 bits per heavy atom. The minimum atomic E-state index is -2.54. The first-order valence-corrected chi connectivity index (χ1v) is 8.10. The van der Waals surface area contributed by atoms with E-state index in [9.17, 15) is 13.6 Å². The van der Waals surface area contributed by atoms with E-state index in [1.165, 1.54) is 0 Å². The maximum atomic E-state index is 12.6. The van der Waals surface area contributed by atoms with Crippen LogP contribution in [-0.2, 0) is 0 Å². The molecule has 24 heavy (non-hydrogen) atoms. The third kappa shape index (κ3) is 4.02. The van der Waals surface area contributed by atoms with Gasteiger partial charge in [0.15, 0.2) is 0 Å². The Morgan fingerprint density at radius 1 is 0.875 bits per heavy atom. The second-order valence-electron chi connectivity index (χ2n) is 5.02. The summed E-state index contributed by atoms with van der Waals surface area (Å²) in [6.07, 6.45) is 0. The summed E-state index contributed by atoms with van der Waals surface area (Å²) in [5.41, 5.74) is 0.978. The highest BCUT2D eigenvalue weighted by molar-refractivity contribution is 7.99. The average Bonchev–Trinajstić information content (AvgIpc) is 2.56. The Balaban J connectivity index is 1.73. The van der Waals surface area contributed by atoms with Gasteiger partial charge < -0.3 is 10.6 Å². The standard InChI is InChI=1S/C18H14F2N2OS/c19-17(20)24-16-8-4-3-7-15(16)22-18(23)21-14-10-9-12-5-1-2-6-13(12)11-14/h1-11,17H,(H2,21,22,23). The van der Waals surface area contributed by atoms with E-state index < -0.39 is 11.8 Å². The molecule has 0 heterocycles. The van der Waals surface area contributed by atoms with Crippen molar-refractivity contribution >= 4 is 39.9 Å². The molecule has 0 radical (unpaired) electrons. The molecule has 0 unspecified atom stereocenters. The Kier molecular flexibility index (Phi) is 4.96. The number of carbonyl (C=O) groups excluding carboxylic acids is 1. The maximum absolute atomic E-state index is 12.6. The van der Waals surface area contributed by atoms with Crippen LogP contribution in [0.4, 0.5) is 25.0 Å². The number of carbonyl (C=O) groups is 1. The van der Waals surface area contributed by atoms with Crippen LogP contribution in [0.5, 0.6) is 0 Å². The fourth-order valence-electron chi connectivity index (χ4n) is 2.32. The third-order valence-corrected chi connectivity index (χ3v) is 4.15. The van der Waals surface area contributed by atoms with Crippen LogP contribution in [0, 0.1) is 0 Å². The van der Waals surface area contributed by atoms with Gasteiger partial charge in [0.25, 0.3) is 5.76 Å². The molecule has 0 spiro atoms. The minimum Gasteiger partial charge on any atom is -0.308 e. The number of alkyl halides is 2. The Bertz CT molecular complexity index is 870. The first kappa shape index (κ1) is 16.3. The van der Waals surface area contributed by atoms with Gasteiger partial charge in [-0.05, 0) is 35.0 Å². The first-order chi connectivity index (χ1) is 11.6. The molecule has 0 saturated carbocycles. The van der Waals surface area contributed by atoms with E-state index in [2.05, 4.69) is 10.6 Å². The summed E-state index contributed by atoms with van der Waals surface area (Å²) in [6.45, 7) is 0. The van der Waals surface area contributed by atoms with Crippen molar-refractivity contribution in [2.45, 2.75) is 10.7 Å². The van der Waals surface area contributed by atoms with Crippen LogP contribution in [0.15, 0.2) is 71.6 Å². The number of anilines is 2. The number of rotatable bonds is 4. The molecule has 0 aliphatic carbocycles. The molecule has 0 saturated heterocycles. The number of fused-ring (bicyclic) bond motifs is 1. The highest BCUT2D eigenvalue weighted by Gasteiger charge is 2.11. The molecule has 3 aromatic carbocycles. The number of nitrogens with one attached hydrogen (secondary N) is 2. The highest BCUT2D eigenvalue weighted by atomic mass is 32.2. The summed E-state index contributed by atoms with van der Waals surface area (Å²) < 4.78 is 25.1. The molecule has 0 aliphatic heterocycles. The Hall–Kier alpha value is -2.60. The second-order valence-corrected chi connectivity index (χ2v) is 6.05. The van der Waals surface area contributed by atoms with Gasteiger partial charge in [-0.3, -0.25) is 0 Å². The molecule has 3 nitrogen and oxygen atoms in total. The lowest BCUT2D eigenvalue weighted by atomic mass is 10.1. The molecular formula is C18H14F2N2OS. The summed E-state index contributed by atoms with van der Waals surface area (Å²) in [5.74, 6) is -2.54. The van der Waals surface area contributed by atoms with Crippen molar-refractivity contribution in [3.63, 3.8) is 0 Å². The molecule has 3 rings (SSSR count). The topological polar surface area (TPSA) is 41.1 Å². The molecular weight excluding hydrogens is 330 g/mol. The normalized spacial score (nSPS) is 10.8. The predicted octanol–water partition coefficient (Wildman–Crippen LogP) is 5.80. The molecule has 6 heteroatoms. The SMILES string of the molecule is O=C(Nc1ccc2ccccc2c1)Nc1ccccc1SC(F)F. The van der Waals surface area contributed by atoms with E-state index in [0.717, 1.165) is 10.8 Å². The number of hydrogen-bond acceptors (Lipinski definition) is 2. The fraction of sp³-hybridized carbons (Fsp3) is 0.0556. The maximum Gasteiger partial charge on any atom is 0.323 e. The number of para-hydroxylation sites is 1. The zero-order valence-electron chi connectivity index (χ0n) is 12.5. The van der Waals surface area contributed by atoms with Crippen molar-refractivity contribution in [2.75, 3.05) is 10.6 Å². The number of halogens is 2. The van der Waals surface area contributed by atoms with Crippen molar-refractivity contribution in [1.82, 2.24) is 0 Å². The lowest BCUT2D eigenvalue weighted by Crippen LogP contribution is -2.19. The van der Waals surface area contributed by atoms with Crippen LogP contribution in [0.2, 0.25) is 0 Å². The summed E-state index contributed by atoms with van der Waals surface area (Å²) in [7, 11) is 0. The molecule has 2 N–H and O–H groups in total. The number of hydrogen-bond donors (Lipinski definition) is 2.